The fourth-order valence-electron chi connectivity index (χ4n) is 2.40. The third-order valence-corrected chi connectivity index (χ3v) is 5.16. The van der Waals surface area contributed by atoms with Gasteiger partial charge in [-0.25, -0.2) is 13.1 Å². The molecule has 0 fully saturated rings. The van der Waals surface area contributed by atoms with Crippen molar-refractivity contribution in [3.8, 4) is 11.5 Å². The summed E-state index contributed by atoms with van der Waals surface area (Å²) in [5.74, 6) is 0.694. The molecule has 0 saturated heterocycles. The number of hydrogen-bond donors (Lipinski definition) is 1. The van der Waals surface area contributed by atoms with Crippen LogP contribution in [0.5, 0.6) is 11.5 Å². The zero-order valence-corrected chi connectivity index (χ0v) is 16.8. The van der Waals surface area contributed by atoms with Gasteiger partial charge in [-0.3, -0.25) is 4.79 Å². The van der Waals surface area contributed by atoms with Gasteiger partial charge in [0.1, 0.15) is 11.5 Å². The minimum atomic E-state index is -3.94. The number of hydrogen-bond acceptors (Lipinski definition) is 5. The maximum atomic E-state index is 12.4. The van der Waals surface area contributed by atoms with Crippen LogP contribution >= 0.6 is 0 Å². The summed E-state index contributed by atoms with van der Waals surface area (Å²) in [5, 5.41) is 0. The summed E-state index contributed by atoms with van der Waals surface area (Å²) in [4.78, 5) is 12.1. The minimum absolute atomic E-state index is 0.0746. The van der Waals surface area contributed by atoms with Crippen molar-refractivity contribution in [3.05, 3.63) is 53.6 Å². The predicted octanol–water partition coefficient (Wildman–Crippen LogP) is 3.22. The lowest BCUT2D eigenvalue weighted by atomic mass is 10.2. The summed E-state index contributed by atoms with van der Waals surface area (Å²) in [5.41, 5.74) is 1.52. The van der Waals surface area contributed by atoms with Crippen molar-refractivity contribution in [2.24, 2.45) is 5.92 Å². The number of nitrogens with one attached hydrogen (secondary N) is 1. The van der Waals surface area contributed by atoms with Crippen LogP contribution in [0, 0.1) is 19.8 Å². The van der Waals surface area contributed by atoms with Crippen molar-refractivity contribution in [2.45, 2.75) is 32.6 Å². The lowest BCUT2D eigenvalue weighted by Gasteiger charge is -2.12. The number of sulfonamides is 1. The number of carbonyl (C=O) groups is 1. The summed E-state index contributed by atoms with van der Waals surface area (Å²) in [6.45, 7) is 7.79. The molecule has 0 aliphatic carbocycles. The molecular formula is C20H25NO5S. The third kappa shape index (κ3) is 6.29. The van der Waals surface area contributed by atoms with Crippen LogP contribution in [0.15, 0.2) is 47.4 Å². The van der Waals surface area contributed by atoms with Gasteiger partial charge in [0.2, 0.25) is 0 Å². The second-order valence-electron chi connectivity index (χ2n) is 6.77. The molecule has 2 aromatic rings. The number of rotatable bonds is 8. The van der Waals surface area contributed by atoms with Crippen LogP contribution in [-0.4, -0.2) is 27.5 Å². The molecule has 6 nitrogen and oxygen atoms in total. The van der Waals surface area contributed by atoms with Crippen LogP contribution < -0.4 is 14.2 Å². The summed E-state index contributed by atoms with van der Waals surface area (Å²) in [6.07, 6.45) is 0. The molecule has 7 heteroatoms. The molecule has 0 aliphatic rings. The lowest BCUT2D eigenvalue weighted by molar-refractivity contribution is -0.121. The molecule has 0 bridgehead atoms. The van der Waals surface area contributed by atoms with Crippen molar-refractivity contribution < 1.29 is 22.7 Å². The first-order chi connectivity index (χ1) is 12.7. The Balaban J connectivity index is 1.97. The summed E-state index contributed by atoms with van der Waals surface area (Å²) in [6, 6.07) is 11.8. The average molecular weight is 391 g/mol. The van der Waals surface area contributed by atoms with Crippen molar-refractivity contribution in [1.29, 1.82) is 0 Å². The van der Waals surface area contributed by atoms with Gasteiger partial charge < -0.3 is 9.47 Å². The fourth-order valence-corrected chi connectivity index (χ4v) is 3.60. The Morgan fingerprint density at radius 3 is 2.33 bits per heavy atom. The van der Waals surface area contributed by atoms with E-state index in [-0.39, 0.29) is 4.90 Å². The maximum Gasteiger partial charge on any atom is 0.271 e. The van der Waals surface area contributed by atoms with Gasteiger partial charge in [0.25, 0.3) is 15.9 Å². The van der Waals surface area contributed by atoms with E-state index in [1.807, 2.05) is 25.5 Å². The van der Waals surface area contributed by atoms with Gasteiger partial charge in [0.05, 0.1) is 11.5 Å². The molecule has 0 aromatic heterocycles. The zero-order chi connectivity index (χ0) is 20.0. The molecule has 27 heavy (non-hydrogen) atoms. The van der Waals surface area contributed by atoms with Gasteiger partial charge in [-0.15, -0.1) is 0 Å². The normalized spacial score (nSPS) is 11.3. The Morgan fingerprint density at radius 1 is 1.04 bits per heavy atom. The fraction of sp³-hybridized carbons (Fsp3) is 0.350. The molecule has 0 spiro atoms. The molecule has 0 saturated carbocycles. The predicted molar refractivity (Wildman–Crippen MR) is 104 cm³/mol. The first-order valence-electron chi connectivity index (χ1n) is 8.66. The second-order valence-corrected chi connectivity index (χ2v) is 8.42. The largest absolute Gasteiger partial charge is 0.493 e. The molecule has 0 atom stereocenters. The Labute approximate surface area is 160 Å². The van der Waals surface area contributed by atoms with E-state index in [2.05, 4.69) is 0 Å². The smallest absolute Gasteiger partial charge is 0.271 e. The van der Waals surface area contributed by atoms with Crippen molar-refractivity contribution in [2.75, 3.05) is 13.2 Å². The van der Waals surface area contributed by atoms with E-state index in [0.717, 1.165) is 5.56 Å². The zero-order valence-electron chi connectivity index (χ0n) is 16.0. The lowest BCUT2D eigenvalue weighted by Crippen LogP contribution is -2.34. The van der Waals surface area contributed by atoms with Gasteiger partial charge in [-0.1, -0.05) is 37.6 Å². The summed E-state index contributed by atoms with van der Waals surface area (Å²) in [7, 11) is -3.94. The first-order valence-corrected chi connectivity index (χ1v) is 10.1. The molecule has 0 aliphatic heterocycles. The number of benzene rings is 2. The standard InChI is InChI=1S/C20H25NO5S/c1-14(2)12-25-17-6-5-7-18(11-17)26-13-20(22)21-27(23,24)19-9-8-15(3)10-16(19)4/h5-11,14H,12-13H2,1-4H3,(H,21,22). The van der Waals surface area contributed by atoms with E-state index in [4.69, 9.17) is 9.47 Å². The number of amides is 1. The molecule has 146 valence electrons. The van der Waals surface area contributed by atoms with E-state index < -0.39 is 22.5 Å². The Bertz CT molecular complexity index is 906. The van der Waals surface area contributed by atoms with E-state index in [1.54, 1.807) is 43.3 Å². The van der Waals surface area contributed by atoms with E-state index in [1.165, 1.54) is 6.07 Å². The van der Waals surface area contributed by atoms with Gasteiger partial charge >= 0.3 is 0 Å². The number of aryl methyl sites for hydroxylation is 2. The highest BCUT2D eigenvalue weighted by atomic mass is 32.2. The highest BCUT2D eigenvalue weighted by Crippen LogP contribution is 2.20. The first kappa shape index (κ1) is 20.8. The van der Waals surface area contributed by atoms with E-state index >= 15 is 0 Å². The molecule has 1 amide bonds. The third-order valence-electron chi connectivity index (χ3n) is 3.63. The van der Waals surface area contributed by atoms with Crippen LogP contribution in [0.1, 0.15) is 25.0 Å². The molecule has 0 radical (unpaired) electrons. The summed E-state index contributed by atoms with van der Waals surface area (Å²) >= 11 is 0. The quantitative estimate of drug-likeness (QED) is 0.747. The molecule has 0 unspecified atom stereocenters. The molecule has 2 rings (SSSR count). The second kappa shape index (κ2) is 8.90. The molecular weight excluding hydrogens is 366 g/mol. The average Bonchev–Trinajstić information content (AvgIpc) is 2.58. The van der Waals surface area contributed by atoms with Crippen molar-refractivity contribution in [1.82, 2.24) is 4.72 Å². The van der Waals surface area contributed by atoms with Crippen molar-refractivity contribution in [3.63, 3.8) is 0 Å². The topological polar surface area (TPSA) is 81.7 Å². The Kier molecular flexibility index (Phi) is 6.85. The van der Waals surface area contributed by atoms with E-state index in [9.17, 15) is 13.2 Å². The monoisotopic (exact) mass is 391 g/mol. The maximum absolute atomic E-state index is 12.4. The van der Waals surface area contributed by atoms with Crippen LogP contribution in [-0.2, 0) is 14.8 Å². The minimum Gasteiger partial charge on any atom is -0.493 e. The van der Waals surface area contributed by atoms with Gasteiger partial charge in [0.15, 0.2) is 6.61 Å². The van der Waals surface area contributed by atoms with Crippen LogP contribution in [0.3, 0.4) is 0 Å². The highest BCUT2D eigenvalue weighted by Gasteiger charge is 2.20. The Hall–Kier alpha value is -2.54. The van der Waals surface area contributed by atoms with Crippen LogP contribution in [0.25, 0.3) is 0 Å². The number of carbonyl (C=O) groups excluding carboxylic acids is 1. The van der Waals surface area contributed by atoms with Crippen LogP contribution in [0.2, 0.25) is 0 Å². The number of ether oxygens (including phenoxy) is 2. The molecule has 2 aromatic carbocycles. The van der Waals surface area contributed by atoms with Gasteiger partial charge in [0, 0.05) is 6.07 Å². The van der Waals surface area contributed by atoms with Gasteiger partial charge in [-0.2, -0.15) is 0 Å². The Morgan fingerprint density at radius 2 is 1.70 bits per heavy atom. The van der Waals surface area contributed by atoms with Crippen molar-refractivity contribution >= 4 is 15.9 Å². The van der Waals surface area contributed by atoms with E-state index in [0.29, 0.717) is 29.6 Å². The van der Waals surface area contributed by atoms with Crippen LogP contribution in [0.4, 0.5) is 0 Å². The SMILES string of the molecule is Cc1ccc(S(=O)(=O)NC(=O)COc2cccc(OCC(C)C)c2)c(C)c1. The molecule has 0 heterocycles. The summed E-state index contributed by atoms with van der Waals surface area (Å²) < 4.78 is 37.8. The molecule has 1 N–H and O–H groups in total. The highest BCUT2D eigenvalue weighted by molar-refractivity contribution is 7.90. The van der Waals surface area contributed by atoms with Gasteiger partial charge in [-0.05, 0) is 43.5 Å².